The average molecular weight is 233 g/mol. The lowest BCUT2D eigenvalue weighted by Gasteiger charge is -2.10. The molecule has 0 bridgehead atoms. The third kappa shape index (κ3) is 2.64. The van der Waals surface area contributed by atoms with Gasteiger partial charge in [-0.25, -0.2) is 4.39 Å². The Balaban J connectivity index is 1.97. The summed E-state index contributed by atoms with van der Waals surface area (Å²) in [6.45, 7) is 2.59. The fourth-order valence-electron chi connectivity index (χ4n) is 1.82. The summed E-state index contributed by atoms with van der Waals surface area (Å²) >= 11 is 0. The summed E-state index contributed by atoms with van der Waals surface area (Å²) in [7, 11) is 1.91. The van der Waals surface area contributed by atoms with Gasteiger partial charge in [0.2, 0.25) is 0 Å². The molecule has 0 saturated heterocycles. The molecule has 2 aromatic rings. The molecule has 0 saturated carbocycles. The Morgan fingerprint density at radius 1 is 1.35 bits per heavy atom. The molecule has 17 heavy (non-hydrogen) atoms. The topological polar surface area (TPSA) is 29.9 Å². The van der Waals surface area contributed by atoms with Crippen molar-refractivity contribution in [3.63, 3.8) is 0 Å². The van der Waals surface area contributed by atoms with Crippen LogP contribution in [0.25, 0.3) is 0 Å². The van der Waals surface area contributed by atoms with Crippen LogP contribution in [0.2, 0.25) is 0 Å². The lowest BCUT2D eigenvalue weighted by Crippen LogP contribution is -2.10. The number of hydrogen-bond donors (Lipinski definition) is 1. The van der Waals surface area contributed by atoms with Gasteiger partial charge >= 0.3 is 0 Å². The van der Waals surface area contributed by atoms with Crippen molar-refractivity contribution in [3.05, 3.63) is 47.5 Å². The molecule has 1 aromatic heterocycles. The molecule has 0 aliphatic heterocycles. The van der Waals surface area contributed by atoms with Crippen LogP contribution in [0.4, 0.5) is 10.1 Å². The van der Waals surface area contributed by atoms with E-state index in [2.05, 4.69) is 10.4 Å². The maximum absolute atomic E-state index is 13.5. The van der Waals surface area contributed by atoms with Crippen LogP contribution in [0.15, 0.2) is 30.5 Å². The quantitative estimate of drug-likeness (QED) is 0.879. The monoisotopic (exact) mass is 233 g/mol. The molecule has 0 fully saturated rings. The first-order valence-corrected chi connectivity index (χ1v) is 5.64. The van der Waals surface area contributed by atoms with Gasteiger partial charge in [0.25, 0.3) is 0 Å². The van der Waals surface area contributed by atoms with Crippen LogP contribution < -0.4 is 5.32 Å². The molecule has 0 spiro atoms. The Hall–Kier alpha value is -1.84. The van der Waals surface area contributed by atoms with Crippen LogP contribution in [0.1, 0.15) is 11.3 Å². The van der Waals surface area contributed by atoms with E-state index in [-0.39, 0.29) is 5.82 Å². The highest BCUT2D eigenvalue weighted by Gasteiger charge is 2.04. The van der Waals surface area contributed by atoms with Gasteiger partial charge in [0.1, 0.15) is 5.82 Å². The van der Waals surface area contributed by atoms with E-state index < -0.39 is 0 Å². The Morgan fingerprint density at radius 3 is 2.82 bits per heavy atom. The molecule has 0 atom stereocenters. The van der Waals surface area contributed by atoms with Crippen molar-refractivity contribution in [2.24, 2.45) is 7.05 Å². The lowest BCUT2D eigenvalue weighted by molar-refractivity contribution is 0.628. The highest BCUT2D eigenvalue weighted by atomic mass is 19.1. The number of anilines is 1. The van der Waals surface area contributed by atoms with Gasteiger partial charge in [0.05, 0.1) is 5.69 Å². The van der Waals surface area contributed by atoms with Crippen LogP contribution >= 0.6 is 0 Å². The van der Waals surface area contributed by atoms with Crippen molar-refractivity contribution < 1.29 is 4.39 Å². The normalized spacial score (nSPS) is 10.5. The summed E-state index contributed by atoms with van der Waals surface area (Å²) in [5.74, 6) is -0.199. The standard InChI is InChI=1S/C13H16FN3/c1-10-4-3-5-12(14)13(10)15-8-6-11-7-9-16-17(11)2/h3-5,7,9,15H,6,8H2,1-2H3. The van der Waals surface area contributed by atoms with Crippen LogP contribution in [0, 0.1) is 12.7 Å². The SMILES string of the molecule is Cc1cccc(F)c1NCCc1ccnn1C. The molecule has 0 aliphatic carbocycles. The first-order chi connectivity index (χ1) is 8.18. The highest BCUT2D eigenvalue weighted by Crippen LogP contribution is 2.18. The smallest absolute Gasteiger partial charge is 0.146 e. The Kier molecular flexibility index (Phi) is 3.42. The van der Waals surface area contributed by atoms with Crippen LogP contribution in [0.3, 0.4) is 0 Å². The molecule has 90 valence electrons. The second-order valence-electron chi connectivity index (χ2n) is 4.05. The van der Waals surface area contributed by atoms with Crippen molar-refractivity contribution in [1.82, 2.24) is 9.78 Å². The maximum Gasteiger partial charge on any atom is 0.146 e. The molecular weight excluding hydrogens is 217 g/mol. The summed E-state index contributed by atoms with van der Waals surface area (Å²) in [6.07, 6.45) is 2.59. The zero-order valence-electron chi connectivity index (χ0n) is 10.1. The van der Waals surface area contributed by atoms with E-state index in [9.17, 15) is 4.39 Å². The van der Waals surface area contributed by atoms with E-state index in [0.717, 1.165) is 17.7 Å². The summed E-state index contributed by atoms with van der Waals surface area (Å²) in [6, 6.07) is 7.06. The number of para-hydroxylation sites is 1. The molecule has 2 rings (SSSR count). The molecular formula is C13H16FN3. The van der Waals surface area contributed by atoms with Crippen LogP contribution in [-0.4, -0.2) is 16.3 Å². The van der Waals surface area contributed by atoms with Crippen LogP contribution in [0.5, 0.6) is 0 Å². The van der Waals surface area contributed by atoms with Crippen molar-refractivity contribution in [3.8, 4) is 0 Å². The highest BCUT2D eigenvalue weighted by molar-refractivity contribution is 5.51. The van der Waals surface area contributed by atoms with E-state index in [1.807, 2.05) is 30.8 Å². The molecule has 1 N–H and O–H groups in total. The molecule has 0 aliphatic rings. The van der Waals surface area contributed by atoms with Gasteiger partial charge in [-0.15, -0.1) is 0 Å². The maximum atomic E-state index is 13.5. The van der Waals surface area contributed by atoms with Gasteiger partial charge in [-0.1, -0.05) is 12.1 Å². The van der Waals surface area contributed by atoms with Crippen molar-refractivity contribution >= 4 is 5.69 Å². The zero-order chi connectivity index (χ0) is 12.3. The van der Waals surface area contributed by atoms with E-state index in [0.29, 0.717) is 12.2 Å². The lowest BCUT2D eigenvalue weighted by atomic mass is 10.2. The molecule has 1 aromatic carbocycles. The first kappa shape index (κ1) is 11.6. The minimum Gasteiger partial charge on any atom is -0.382 e. The predicted molar refractivity (Wildman–Crippen MR) is 66.5 cm³/mol. The number of nitrogens with one attached hydrogen (secondary N) is 1. The second-order valence-corrected chi connectivity index (χ2v) is 4.05. The summed E-state index contributed by atoms with van der Waals surface area (Å²) in [5, 5.41) is 7.22. The van der Waals surface area contributed by atoms with Gasteiger partial charge in [0, 0.05) is 31.9 Å². The number of benzene rings is 1. The van der Waals surface area contributed by atoms with Gasteiger partial charge in [0.15, 0.2) is 0 Å². The number of rotatable bonds is 4. The Labute approximate surface area is 100 Å². The minimum atomic E-state index is -0.199. The number of aryl methyl sites for hydroxylation is 2. The van der Waals surface area contributed by atoms with Crippen molar-refractivity contribution in [2.45, 2.75) is 13.3 Å². The van der Waals surface area contributed by atoms with E-state index in [1.54, 1.807) is 12.3 Å². The molecule has 0 radical (unpaired) electrons. The van der Waals surface area contributed by atoms with E-state index >= 15 is 0 Å². The third-order valence-corrected chi connectivity index (χ3v) is 2.83. The Morgan fingerprint density at radius 2 is 2.18 bits per heavy atom. The predicted octanol–water partition coefficient (Wildman–Crippen LogP) is 2.52. The molecule has 4 heteroatoms. The van der Waals surface area contributed by atoms with Gasteiger partial charge < -0.3 is 5.32 Å². The fourth-order valence-corrected chi connectivity index (χ4v) is 1.82. The zero-order valence-corrected chi connectivity index (χ0v) is 10.1. The summed E-state index contributed by atoms with van der Waals surface area (Å²) < 4.78 is 15.3. The fraction of sp³-hybridized carbons (Fsp3) is 0.308. The number of nitrogens with zero attached hydrogens (tertiary/aromatic N) is 2. The van der Waals surface area contributed by atoms with E-state index in [4.69, 9.17) is 0 Å². The Bertz CT molecular complexity index is 485. The average Bonchev–Trinajstić information content (AvgIpc) is 2.69. The van der Waals surface area contributed by atoms with Gasteiger partial charge in [-0.3, -0.25) is 4.68 Å². The largest absolute Gasteiger partial charge is 0.382 e. The van der Waals surface area contributed by atoms with Crippen LogP contribution in [-0.2, 0) is 13.5 Å². The molecule has 3 nitrogen and oxygen atoms in total. The minimum absolute atomic E-state index is 0.199. The van der Waals surface area contributed by atoms with E-state index in [1.165, 1.54) is 6.07 Å². The van der Waals surface area contributed by atoms with Crippen molar-refractivity contribution in [1.29, 1.82) is 0 Å². The molecule has 0 unspecified atom stereocenters. The molecule has 0 amide bonds. The third-order valence-electron chi connectivity index (χ3n) is 2.83. The number of aromatic nitrogens is 2. The summed E-state index contributed by atoms with van der Waals surface area (Å²) in [4.78, 5) is 0. The van der Waals surface area contributed by atoms with Gasteiger partial charge in [-0.05, 0) is 24.6 Å². The number of hydrogen-bond acceptors (Lipinski definition) is 2. The number of halogens is 1. The molecule has 1 heterocycles. The second kappa shape index (κ2) is 4.99. The van der Waals surface area contributed by atoms with Crippen molar-refractivity contribution in [2.75, 3.05) is 11.9 Å². The first-order valence-electron chi connectivity index (χ1n) is 5.64. The van der Waals surface area contributed by atoms with Gasteiger partial charge in [-0.2, -0.15) is 5.10 Å². The summed E-state index contributed by atoms with van der Waals surface area (Å²) in [5.41, 5.74) is 2.65.